The molecule has 0 aliphatic heterocycles. The first kappa shape index (κ1) is 23.3. The van der Waals surface area contributed by atoms with E-state index in [1.54, 1.807) is 23.0 Å². The normalized spacial score (nSPS) is 11.2. The van der Waals surface area contributed by atoms with Gasteiger partial charge in [0.05, 0.1) is 17.9 Å². The van der Waals surface area contributed by atoms with Crippen molar-refractivity contribution in [1.29, 1.82) is 0 Å². The van der Waals surface area contributed by atoms with Crippen LogP contribution >= 0.6 is 0 Å². The third-order valence-corrected chi connectivity index (χ3v) is 6.21. The van der Waals surface area contributed by atoms with Gasteiger partial charge in [0, 0.05) is 29.2 Å². The largest absolute Gasteiger partial charge is 0.333 e. The van der Waals surface area contributed by atoms with Crippen LogP contribution < -0.4 is 5.69 Å². The molecule has 0 saturated carbocycles. The number of imidazole rings is 1. The quantitative estimate of drug-likeness (QED) is 0.349. The average Bonchev–Trinajstić information content (AvgIpc) is 3.54. The minimum Gasteiger partial charge on any atom is -0.292 e. The van der Waals surface area contributed by atoms with E-state index < -0.39 is 5.82 Å². The van der Waals surface area contributed by atoms with Crippen molar-refractivity contribution in [2.45, 2.75) is 39.7 Å². The Morgan fingerprint density at radius 2 is 1.83 bits per heavy atom. The van der Waals surface area contributed by atoms with Crippen LogP contribution in [-0.2, 0) is 19.4 Å². The smallest absolute Gasteiger partial charge is 0.292 e. The van der Waals surface area contributed by atoms with Crippen LogP contribution in [0.3, 0.4) is 0 Å². The Kier molecular flexibility index (Phi) is 6.53. The molecule has 3 heterocycles. The van der Waals surface area contributed by atoms with Crippen LogP contribution in [0.4, 0.5) is 4.39 Å². The molecule has 0 saturated heterocycles. The highest BCUT2D eigenvalue weighted by atomic mass is 19.1. The predicted octanol–water partition coefficient (Wildman–Crippen LogP) is 4.58. The number of nitrogens with zero attached hydrogens (tertiary/aromatic N) is 6. The maximum Gasteiger partial charge on any atom is 0.333 e. The van der Waals surface area contributed by atoms with Crippen molar-refractivity contribution in [3.05, 3.63) is 100 Å². The number of aryl methyl sites for hydroxylation is 2. The van der Waals surface area contributed by atoms with Crippen molar-refractivity contribution in [1.82, 2.24) is 34.7 Å². The van der Waals surface area contributed by atoms with E-state index in [0.29, 0.717) is 30.9 Å². The summed E-state index contributed by atoms with van der Waals surface area (Å²) in [5.74, 6) is 0.0936. The summed E-state index contributed by atoms with van der Waals surface area (Å²) >= 11 is 0. The number of rotatable bonds is 8. The van der Waals surface area contributed by atoms with E-state index in [9.17, 15) is 9.18 Å². The number of tetrazole rings is 1. The molecule has 8 nitrogen and oxygen atoms in total. The number of hydrogen-bond acceptors (Lipinski definition) is 5. The lowest BCUT2D eigenvalue weighted by Gasteiger charge is -2.10. The van der Waals surface area contributed by atoms with E-state index in [1.807, 2.05) is 49.4 Å². The fraction of sp³-hybridized carbons (Fsp3) is 0.222. The summed E-state index contributed by atoms with van der Waals surface area (Å²) in [6.45, 7) is 4.36. The van der Waals surface area contributed by atoms with Crippen molar-refractivity contribution < 1.29 is 4.39 Å². The molecule has 182 valence electrons. The average molecular weight is 484 g/mol. The van der Waals surface area contributed by atoms with Crippen LogP contribution in [0.2, 0.25) is 0 Å². The summed E-state index contributed by atoms with van der Waals surface area (Å²) in [7, 11) is 0. The number of para-hydroxylation sites is 1. The number of halogens is 1. The van der Waals surface area contributed by atoms with E-state index in [0.717, 1.165) is 40.1 Å². The van der Waals surface area contributed by atoms with Crippen LogP contribution in [0.1, 0.15) is 37.1 Å². The zero-order valence-electron chi connectivity index (χ0n) is 20.1. The van der Waals surface area contributed by atoms with E-state index >= 15 is 0 Å². The monoisotopic (exact) mass is 483 g/mol. The first-order valence-corrected chi connectivity index (χ1v) is 12.0. The first-order chi connectivity index (χ1) is 17.6. The molecular formula is C27H26FN7O. The van der Waals surface area contributed by atoms with Crippen LogP contribution in [0, 0.1) is 5.82 Å². The van der Waals surface area contributed by atoms with Gasteiger partial charge in [-0.15, -0.1) is 10.2 Å². The Morgan fingerprint density at radius 1 is 1.00 bits per heavy atom. The number of benzene rings is 2. The first-order valence-electron chi connectivity index (χ1n) is 12.0. The fourth-order valence-corrected chi connectivity index (χ4v) is 4.46. The van der Waals surface area contributed by atoms with Crippen LogP contribution in [0.25, 0.3) is 28.3 Å². The number of nitrogens with one attached hydrogen (secondary N) is 1. The molecule has 0 bridgehead atoms. The number of hydrogen-bond donors (Lipinski definition) is 1. The second-order valence-electron chi connectivity index (χ2n) is 8.54. The second kappa shape index (κ2) is 10.1. The van der Waals surface area contributed by atoms with Gasteiger partial charge in [-0.2, -0.15) is 5.21 Å². The minimum absolute atomic E-state index is 0.259. The SMILES string of the molecule is CCCc1cn(-c2c(F)cccc2CC)c(=O)n1Cc1ccc(-c2ccccc2-c2nn[nH]n2)nc1. The molecule has 0 unspecified atom stereocenters. The zero-order chi connectivity index (χ0) is 25.1. The Balaban J connectivity index is 1.50. The molecule has 0 fully saturated rings. The van der Waals surface area contributed by atoms with E-state index in [4.69, 9.17) is 0 Å². The lowest BCUT2D eigenvalue weighted by molar-refractivity contribution is 0.610. The minimum atomic E-state index is -0.400. The molecule has 36 heavy (non-hydrogen) atoms. The Morgan fingerprint density at radius 3 is 2.53 bits per heavy atom. The van der Waals surface area contributed by atoms with Gasteiger partial charge >= 0.3 is 5.69 Å². The van der Waals surface area contributed by atoms with Crippen molar-refractivity contribution in [3.63, 3.8) is 0 Å². The molecule has 9 heteroatoms. The van der Waals surface area contributed by atoms with Gasteiger partial charge < -0.3 is 0 Å². The summed E-state index contributed by atoms with van der Waals surface area (Å²) in [6.07, 6.45) is 5.74. The second-order valence-corrected chi connectivity index (χ2v) is 8.54. The maximum atomic E-state index is 14.8. The van der Waals surface area contributed by atoms with Gasteiger partial charge in [-0.3, -0.25) is 14.1 Å². The summed E-state index contributed by atoms with van der Waals surface area (Å²) in [5.41, 5.74) is 5.06. The third-order valence-electron chi connectivity index (χ3n) is 6.21. The summed E-state index contributed by atoms with van der Waals surface area (Å²) in [5, 5.41) is 14.3. The zero-order valence-corrected chi connectivity index (χ0v) is 20.1. The molecule has 0 aliphatic carbocycles. The van der Waals surface area contributed by atoms with Gasteiger partial charge in [-0.25, -0.2) is 9.18 Å². The van der Waals surface area contributed by atoms with E-state index in [2.05, 4.69) is 32.5 Å². The summed E-state index contributed by atoms with van der Waals surface area (Å²) < 4.78 is 18.0. The topological polar surface area (TPSA) is 94.3 Å². The fourth-order valence-electron chi connectivity index (χ4n) is 4.46. The number of aromatic amines is 1. The molecule has 0 radical (unpaired) electrons. The lowest BCUT2D eigenvalue weighted by Crippen LogP contribution is -2.26. The molecule has 1 N–H and O–H groups in total. The summed E-state index contributed by atoms with van der Waals surface area (Å²) in [6, 6.07) is 16.5. The molecule has 5 rings (SSSR count). The maximum absolute atomic E-state index is 14.8. The highest BCUT2D eigenvalue weighted by Crippen LogP contribution is 2.28. The highest BCUT2D eigenvalue weighted by molar-refractivity contribution is 5.78. The predicted molar refractivity (Wildman–Crippen MR) is 135 cm³/mol. The number of H-pyrrole nitrogens is 1. The molecule has 0 amide bonds. The molecule has 0 spiro atoms. The third kappa shape index (κ3) is 4.35. The molecule has 0 aliphatic rings. The van der Waals surface area contributed by atoms with Gasteiger partial charge in [-0.05, 0) is 41.3 Å². The summed E-state index contributed by atoms with van der Waals surface area (Å²) in [4.78, 5) is 18.1. The molecule has 2 aromatic carbocycles. The van der Waals surface area contributed by atoms with Crippen LogP contribution in [-0.4, -0.2) is 34.7 Å². The number of aromatic nitrogens is 7. The van der Waals surface area contributed by atoms with Crippen molar-refractivity contribution in [2.75, 3.05) is 0 Å². The van der Waals surface area contributed by atoms with Crippen molar-refractivity contribution in [3.8, 4) is 28.3 Å². The van der Waals surface area contributed by atoms with Gasteiger partial charge in [0.25, 0.3) is 0 Å². The number of pyridine rings is 1. The van der Waals surface area contributed by atoms with Gasteiger partial charge in [0.1, 0.15) is 5.82 Å². The van der Waals surface area contributed by atoms with Gasteiger partial charge in [-0.1, -0.05) is 62.7 Å². The van der Waals surface area contributed by atoms with Gasteiger partial charge in [0.2, 0.25) is 5.82 Å². The Labute approximate surface area is 207 Å². The Bertz CT molecular complexity index is 1540. The molecular weight excluding hydrogens is 457 g/mol. The van der Waals surface area contributed by atoms with Gasteiger partial charge in [0.15, 0.2) is 0 Å². The van der Waals surface area contributed by atoms with Crippen molar-refractivity contribution >= 4 is 0 Å². The standard InChI is InChI=1S/C27H26FN7O/c1-3-8-20-17-35(25-19(4-2)9-7-12-23(25)28)27(36)34(20)16-18-13-14-24(29-15-18)21-10-5-6-11-22(21)26-30-32-33-31-26/h5-7,9-15,17H,3-4,8,16H2,1-2H3,(H,30,31,32,33). The molecule has 0 atom stereocenters. The van der Waals surface area contributed by atoms with Crippen LogP contribution in [0.15, 0.2) is 71.8 Å². The van der Waals surface area contributed by atoms with E-state index in [1.165, 1.54) is 10.6 Å². The molecule has 3 aromatic heterocycles. The highest BCUT2D eigenvalue weighted by Gasteiger charge is 2.18. The van der Waals surface area contributed by atoms with Crippen molar-refractivity contribution in [2.24, 2.45) is 0 Å². The molecule has 5 aromatic rings. The Hall–Kier alpha value is -4.40. The van der Waals surface area contributed by atoms with Crippen LogP contribution in [0.5, 0.6) is 0 Å². The van der Waals surface area contributed by atoms with E-state index in [-0.39, 0.29) is 5.69 Å². The lowest BCUT2D eigenvalue weighted by atomic mass is 10.0.